The molecule has 1 amide bonds. The minimum absolute atomic E-state index is 0.0226. The fourth-order valence-electron chi connectivity index (χ4n) is 5.12. The molecular weight excluding hydrogens is 454 g/mol. The van der Waals surface area contributed by atoms with Gasteiger partial charge in [0.15, 0.2) is 0 Å². The summed E-state index contributed by atoms with van der Waals surface area (Å²) in [7, 11) is 2.53. The fourth-order valence-corrected chi connectivity index (χ4v) is 6.55. The summed E-state index contributed by atoms with van der Waals surface area (Å²) in [6, 6.07) is 5.06. The number of aryl methyl sites for hydroxylation is 2. The molecule has 4 rings (SSSR count). The number of rotatable bonds is 8. The summed E-state index contributed by atoms with van der Waals surface area (Å²) in [5.41, 5.74) is 1.53. The number of hydrogen-bond acceptors (Lipinski definition) is 6. The number of morpholine rings is 1. The maximum absolute atomic E-state index is 13.0. The highest BCUT2D eigenvalue weighted by molar-refractivity contribution is 7.89. The number of nitrogens with zero attached hydrogens (tertiary/aromatic N) is 4. The van der Waals surface area contributed by atoms with Gasteiger partial charge in [-0.3, -0.25) is 4.79 Å². The minimum atomic E-state index is -3.58. The number of fused-ring (bicyclic) bond motifs is 1. The summed E-state index contributed by atoms with van der Waals surface area (Å²) >= 11 is 0. The maximum Gasteiger partial charge on any atom is 0.243 e. The van der Waals surface area contributed by atoms with E-state index in [1.165, 1.54) is 23.6 Å². The molecule has 188 valence electrons. The van der Waals surface area contributed by atoms with Gasteiger partial charge in [0.1, 0.15) is 5.82 Å². The van der Waals surface area contributed by atoms with Crippen LogP contribution in [0.1, 0.15) is 44.3 Å². The van der Waals surface area contributed by atoms with E-state index in [9.17, 15) is 13.2 Å². The van der Waals surface area contributed by atoms with E-state index < -0.39 is 10.0 Å². The van der Waals surface area contributed by atoms with Gasteiger partial charge >= 0.3 is 0 Å². The van der Waals surface area contributed by atoms with Gasteiger partial charge in [0.2, 0.25) is 15.9 Å². The average Bonchev–Trinajstić information content (AvgIpc) is 3.17. The predicted octanol–water partition coefficient (Wildman–Crippen LogP) is 1.91. The van der Waals surface area contributed by atoms with Crippen molar-refractivity contribution in [1.82, 2.24) is 24.1 Å². The number of likely N-dealkylation sites (N-methyl/N-ethyl adjacent to an activating group) is 1. The maximum atomic E-state index is 13.0. The molecule has 1 aromatic carbocycles. The Labute approximate surface area is 202 Å². The zero-order valence-electron chi connectivity index (χ0n) is 20.5. The van der Waals surface area contributed by atoms with Crippen LogP contribution < -0.4 is 5.32 Å². The number of nitrogens with one attached hydrogen (secondary N) is 1. The molecular formula is C24H37N5O4S. The molecule has 1 saturated carbocycles. The first-order valence-electron chi connectivity index (χ1n) is 12.2. The van der Waals surface area contributed by atoms with Gasteiger partial charge in [0, 0.05) is 45.1 Å². The quantitative estimate of drug-likeness (QED) is 0.606. The first-order chi connectivity index (χ1) is 16.2. The van der Waals surface area contributed by atoms with Crippen molar-refractivity contribution < 1.29 is 17.9 Å². The molecule has 34 heavy (non-hydrogen) atoms. The molecule has 0 spiro atoms. The van der Waals surface area contributed by atoms with E-state index in [0.717, 1.165) is 24.2 Å². The Kier molecular flexibility index (Phi) is 7.61. The monoisotopic (exact) mass is 491 g/mol. The van der Waals surface area contributed by atoms with Crippen LogP contribution in [0.25, 0.3) is 11.0 Å². The number of amides is 1. The Morgan fingerprint density at radius 1 is 1.18 bits per heavy atom. The standard InChI is InChI=1S/C24H37N5O4S/c1-27(2)24(11-5-4-6-12-24)18-25-23(30)10-9-22-26-20-17-19(7-8-21(20)28(22)3)34(31,32)29-13-15-33-16-14-29/h7-8,17H,4-6,9-16,18H2,1-3H3,(H,25,30). The van der Waals surface area contributed by atoms with Gasteiger partial charge in [0.25, 0.3) is 0 Å². The summed E-state index contributed by atoms with van der Waals surface area (Å²) in [6.45, 7) is 2.21. The molecule has 9 nitrogen and oxygen atoms in total. The highest BCUT2D eigenvalue weighted by Gasteiger charge is 2.34. The molecule has 1 saturated heterocycles. The zero-order chi connectivity index (χ0) is 24.3. The first-order valence-corrected chi connectivity index (χ1v) is 13.6. The van der Waals surface area contributed by atoms with Gasteiger partial charge in [-0.15, -0.1) is 0 Å². The number of carbonyl (C=O) groups is 1. The summed E-state index contributed by atoms with van der Waals surface area (Å²) in [5, 5.41) is 3.15. The highest BCUT2D eigenvalue weighted by Crippen LogP contribution is 2.31. The smallest absolute Gasteiger partial charge is 0.243 e. The van der Waals surface area contributed by atoms with Gasteiger partial charge < -0.3 is 19.5 Å². The summed E-state index contributed by atoms with van der Waals surface area (Å²) in [6.07, 6.45) is 6.75. The lowest BCUT2D eigenvalue weighted by atomic mass is 9.80. The Morgan fingerprint density at radius 3 is 2.56 bits per heavy atom. The second kappa shape index (κ2) is 10.3. The van der Waals surface area contributed by atoms with Crippen molar-refractivity contribution in [3.05, 3.63) is 24.0 Å². The van der Waals surface area contributed by atoms with Gasteiger partial charge in [-0.25, -0.2) is 13.4 Å². The summed E-state index contributed by atoms with van der Waals surface area (Å²) in [4.78, 5) is 19.8. The Morgan fingerprint density at radius 2 is 1.88 bits per heavy atom. The van der Waals surface area contributed by atoms with Crippen LogP contribution in [-0.2, 0) is 33.0 Å². The molecule has 0 radical (unpaired) electrons. The fraction of sp³-hybridized carbons (Fsp3) is 0.667. The van der Waals surface area contributed by atoms with Crippen LogP contribution in [0.5, 0.6) is 0 Å². The molecule has 1 aromatic heterocycles. The molecule has 0 unspecified atom stereocenters. The molecule has 2 aliphatic rings. The van der Waals surface area contributed by atoms with Crippen molar-refractivity contribution >= 4 is 27.0 Å². The van der Waals surface area contributed by atoms with Crippen LogP contribution in [0.2, 0.25) is 0 Å². The van der Waals surface area contributed by atoms with Crippen LogP contribution in [0.3, 0.4) is 0 Å². The van der Waals surface area contributed by atoms with Gasteiger partial charge in [0.05, 0.1) is 29.1 Å². The van der Waals surface area contributed by atoms with E-state index in [4.69, 9.17) is 4.74 Å². The molecule has 0 atom stereocenters. The van der Waals surface area contributed by atoms with Crippen LogP contribution in [0, 0.1) is 0 Å². The van der Waals surface area contributed by atoms with Crippen molar-refractivity contribution in [2.24, 2.45) is 7.05 Å². The topological polar surface area (TPSA) is 96.8 Å². The molecule has 2 aromatic rings. The third-order valence-corrected chi connectivity index (χ3v) is 9.37. The number of aromatic nitrogens is 2. The third kappa shape index (κ3) is 5.15. The number of sulfonamides is 1. The van der Waals surface area contributed by atoms with Crippen LogP contribution in [0.4, 0.5) is 0 Å². The van der Waals surface area contributed by atoms with Gasteiger partial charge in [-0.1, -0.05) is 19.3 Å². The number of benzene rings is 1. The minimum Gasteiger partial charge on any atom is -0.379 e. The predicted molar refractivity (Wildman–Crippen MR) is 131 cm³/mol. The molecule has 2 fully saturated rings. The lowest BCUT2D eigenvalue weighted by molar-refractivity contribution is -0.121. The lowest BCUT2D eigenvalue weighted by Gasteiger charge is -2.43. The zero-order valence-corrected chi connectivity index (χ0v) is 21.4. The molecule has 1 aliphatic carbocycles. The van der Waals surface area contributed by atoms with Crippen molar-refractivity contribution in [2.75, 3.05) is 46.9 Å². The van der Waals surface area contributed by atoms with E-state index in [2.05, 4.69) is 29.3 Å². The normalized spacial score (nSPS) is 19.5. The third-order valence-electron chi connectivity index (χ3n) is 7.48. The number of hydrogen-bond donors (Lipinski definition) is 1. The van der Waals surface area contributed by atoms with E-state index in [0.29, 0.717) is 51.2 Å². The van der Waals surface area contributed by atoms with Crippen LogP contribution in [-0.4, -0.2) is 85.6 Å². The van der Waals surface area contributed by atoms with E-state index in [1.807, 2.05) is 11.6 Å². The first kappa shape index (κ1) is 25.1. The largest absolute Gasteiger partial charge is 0.379 e. The van der Waals surface area contributed by atoms with Crippen molar-refractivity contribution in [3.8, 4) is 0 Å². The van der Waals surface area contributed by atoms with Crippen LogP contribution >= 0.6 is 0 Å². The second-order valence-electron chi connectivity index (χ2n) is 9.71. The summed E-state index contributed by atoms with van der Waals surface area (Å²) < 4.78 is 34.7. The average molecular weight is 492 g/mol. The number of imidazole rings is 1. The second-order valence-corrected chi connectivity index (χ2v) is 11.6. The molecule has 10 heteroatoms. The Bertz CT molecular complexity index is 1120. The molecule has 0 bridgehead atoms. The molecule has 1 aliphatic heterocycles. The Hall–Kier alpha value is -2.01. The van der Waals surface area contributed by atoms with Crippen LogP contribution in [0.15, 0.2) is 23.1 Å². The number of carbonyl (C=O) groups excluding carboxylic acids is 1. The summed E-state index contributed by atoms with van der Waals surface area (Å²) in [5.74, 6) is 0.792. The van der Waals surface area contributed by atoms with Gasteiger partial charge in [-0.05, 0) is 45.1 Å². The lowest BCUT2D eigenvalue weighted by Crippen LogP contribution is -2.53. The van der Waals surface area contributed by atoms with Crippen molar-refractivity contribution in [3.63, 3.8) is 0 Å². The SMILES string of the molecule is CN(C)C1(CNC(=O)CCc2nc3cc(S(=O)(=O)N4CCOCC4)ccc3n2C)CCCCC1. The van der Waals surface area contributed by atoms with E-state index >= 15 is 0 Å². The van der Waals surface area contributed by atoms with Crippen molar-refractivity contribution in [2.45, 2.75) is 55.4 Å². The van der Waals surface area contributed by atoms with E-state index in [1.54, 1.807) is 18.2 Å². The number of ether oxygens (including phenoxy) is 1. The molecule has 2 heterocycles. The molecule has 1 N–H and O–H groups in total. The van der Waals surface area contributed by atoms with E-state index in [-0.39, 0.29) is 16.3 Å². The Balaban J connectivity index is 1.41. The van der Waals surface area contributed by atoms with Gasteiger partial charge in [-0.2, -0.15) is 4.31 Å². The van der Waals surface area contributed by atoms with Crippen molar-refractivity contribution in [1.29, 1.82) is 0 Å². The highest BCUT2D eigenvalue weighted by atomic mass is 32.2.